The van der Waals surface area contributed by atoms with Crippen molar-refractivity contribution >= 4 is 5.65 Å². The number of hydrogen-bond acceptors (Lipinski definition) is 4. The van der Waals surface area contributed by atoms with Crippen LogP contribution in [0.4, 0.5) is 4.39 Å². The molecule has 0 unspecified atom stereocenters. The summed E-state index contributed by atoms with van der Waals surface area (Å²) in [4.78, 5) is 16.5. The van der Waals surface area contributed by atoms with Gasteiger partial charge in [-0.1, -0.05) is 12.1 Å². The van der Waals surface area contributed by atoms with Gasteiger partial charge in [0.25, 0.3) is 0 Å². The van der Waals surface area contributed by atoms with Gasteiger partial charge >= 0.3 is 5.69 Å². The molecule has 0 saturated heterocycles. The first-order valence-corrected chi connectivity index (χ1v) is 6.95. The second-order valence-electron chi connectivity index (χ2n) is 5.02. The third-order valence-corrected chi connectivity index (χ3v) is 3.42. The molecule has 4 aromatic rings. The van der Waals surface area contributed by atoms with Crippen LogP contribution in [0.5, 0.6) is 0 Å². The van der Waals surface area contributed by atoms with Crippen molar-refractivity contribution in [1.29, 1.82) is 0 Å². The molecule has 3 heterocycles. The lowest BCUT2D eigenvalue weighted by Crippen LogP contribution is -2.21. The van der Waals surface area contributed by atoms with Gasteiger partial charge in [-0.15, -0.1) is 5.10 Å². The fraction of sp³-hybridized carbons (Fsp3) is 0.0625. The normalized spacial score (nSPS) is 11.2. The first kappa shape index (κ1) is 13.4. The summed E-state index contributed by atoms with van der Waals surface area (Å²) in [7, 11) is 0. The van der Waals surface area contributed by atoms with Gasteiger partial charge in [0.05, 0.1) is 6.54 Å². The van der Waals surface area contributed by atoms with E-state index in [0.29, 0.717) is 22.8 Å². The molecule has 7 heteroatoms. The fourth-order valence-corrected chi connectivity index (χ4v) is 2.36. The first-order chi connectivity index (χ1) is 11.2. The van der Waals surface area contributed by atoms with Crippen molar-refractivity contribution in [3.05, 3.63) is 76.9 Å². The molecule has 1 aromatic carbocycles. The zero-order valence-electron chi connectivity index (χ0n) is 11.9. The summed E-state index contributed by atoms with van der Waals surface area (Å²) >= 11 is 0. The number of halogens is 1. The third-order valence-electron chi connectivity index (χ3n) is 3.42. The van der Waals surface area contributed by atoms with Crippen LogP contribution in [0.15, 0.2) is 64.1 Å². The molecular weight excluding hydrogens is 299 g/mol. The molecule has 0 aliphatic heterocycles. The Morgan fingerprint density at radius 1 is 1.17 bits per heavy atom. The second-order valence-corrected chi connectivity index (χ2v) is 5.02. The fourth-order valence-electron chi connectivity index (χ4n) is 2.36. The largest absolute Gasteiger partial charge is 0.444 e. The highest BCUT2D eigenvalue weighted by atomic mass is 19.1. The highest BCUT2D eigenvalue weighted by molar-refractivity contribution is 5.52. The molecule has 0 aliphatic rings. The summed E-state index contributed by atoms with van der Waals surface area (Å²) in [6, 6.07) is 11.3. The number of hydrogen-bond donors (Lipinski definition) is 0. The van der Waals surface area contributed by atoms with Crippen LogP contribution in [0.1, 0.15) is 5.69 Å². The number of oxazole rings is 1. The van der Waals surface area contributed by atoms with Crippen molar-refractivity contribution in [3.8, 4) is 11.5 Å². The van der Waals surface area contributed by atoms with Crippen LogP contribution in [0.25, 0.3) is 17.1 Å². The van der Waals surface area contributed by atoms with Crippen molar-refractivity contribution in [2.45, 2.75) is 6.54 Å². The molecule has 6 nitrogen and oxygen atoms in total. The van der Waals surface area contributed by atoms with Crippen molar-refractivity contribution < 1.29 is 8.81 Å². The van der Waals surface area contributed by atoms with Crippen LogP contribution in [0, 0.1) is 5.82 Å². The highest BCUT2D eigenvalue weighted by Gasteiger charge is 2.11. The van der Waals surface area contributed by atoms with E-state index in [4.69, 9.17) is 4.42 Å². The summed E-state index contributed by atoms with van der Waals surface area (Å²) in [5.74, 6) is -0.0601. The maximum absolute atomic E-state index is 13.2. The average Bonchev–Trinajstić information content (AvgIpc) is 3.14. The lowest BCUT2D eigenvalue weighted by atomic mass is 10.2. The van der Waals surface area contributed by atoms with E-state index in [2.05, 4.69) is 10.1 Å². The Balaban J connectivity index is 1.67. The number of benzene rings is 1. The maximum Gasteiger partial charge on any atom is 0.350 e. The Morgan fingerprint density at radius 3 is 2.91 bits per heavy atom. The van der Waals surface area contributed by atoms with Crippen molar-refractivity contribution in [1.82, 2.24) is 19.2 Å². The minimum absolute atomic E-state index is 0.180. The molecule has 0 radical (unpaired) electrons. The summed E-state index contributed by atoms with van der Waals surface area (Å²) < 4.78 is 21.4. The quantitative estimate of drug-likeness (QED) is 0.582. The average molecular weight is 310 g/mol. The topological polar surface area (TPSA) is 65.3 Å². The predicted molar refractivity (Wildman–Crippen MR) is 80.5 cm³/mol. The van der Waals surface area contributed by atoms with E-state index >= 15 is 0 Å². The van der Waals surface area contributed by atoms with Gasteiger partial charge in [-0.2, -0.15) is 0 Å². The maximum atomic E-state index is 13.2. The molecule has 0 amide bonds. The molecule has 23 heavy (non-hydrogen) atoms. The second kappa shape index (κ2) is 5.20. The van der Waals surface area contributed by atoms with Crippen LogP contribution in [0.2, 0.25) is 0 Å². The summed E-state index contributed by atoms with van der Waals surface area (Å²) in [5, 5.41) is 4.23. The number of pyridine rings is 1. The van der Waals surface area contributed by atoms with Gasteiger partial charge in [0.1, 0.15) is 17.8 Å². The van der Waals surface area contributed by atoms with Crippen molar-refractivity contribution in [2.24, 2.45) is 0 Å². The van der Waals surface area contributed by atoms with Crippen LogP contribution in [-0.4, -0.2) is 19.2 Å². The summed E-state index contributed by atoms with van der Waals surface area (Å²) in [6.45, 7) is 0.180. The van der Waals surface area contributed by atoms with E-state index in [0.717, 1.165) is 0 Å². The summed E-state index contributed by atoms with van der Waals surface area (Å²) in [6.07, 6.45) is 3.10. The Morgan fingerprint density at radius 2 is 2.09 bits per heavy atom. The Bertz CT molecular complexity index is 1050. The van der Waals surface area contributed by atoms with Crippen LogP contribution in [0.3, 0.4) is 0 Å². The zero-order valence-corrected chi connectivity index (χ0v) is 11.9. The number of aromatic nitrogens is 4. The van der Waals surface area contributed by atoms with Gasteiger partial charge in [0.2, 0.25) is 5.89 Å². The van der Waals surface area contributed by atoms with Crippen LogP contribution >= 0.6 is 0 Å². The predicted octanol–water partition coefficient (Wildman–Crippen LogP) is 2.34. The van der Waals surface area contributed by atoms with E-state index in [-0.39, 0.29) is 18.1 Å². The van der Waals surface area contributed by atoms with Crippen LogP contribution < -0.4 is 5.69 Å². The Kier molecular flexibility index (Phi) is 3.04. The molecule has 3 aromatic heterocycles. The van der Waals surface area contributed by atoms with Gasteiger partial charge < -0.3 is 4.42 Å². The molecule has 0 aliphatic carbocycles. The monoisotopic (exact) mass is 310 g/mol. The minimum atomic E-state index is -0.362. The Labute approximate surface area is 129 Å². The van der Waals surface area contributed by atoms with Gasteiger partial charge in [-0.05, 0) is 30.3 Å². The molecule has 0 saturated carbocycles. The minimum Gasteiger partial charge on any atom is -0.444 e. The molecule has 0 bridgehead atoms. The lowest BCUT2D eigenvalue weighted by Gasteiger charge is -1.95. The number of rotatable bonds is 3. The van der Waals surface area contributed by atoms with Crippen molar-refractivity contribution in [3.63, 3.8) is 0 Å². The standard InChI is InChI=1S/C16H11FN4O2/c17-12-5-3-4-11(8-12)15-18-13(10-23-15)9-21-16(22)20-7-2-1-6-14(20)19-21/h1-8,10H,9H2. The number of nitrogens with zero attached hydrogens (tertiary/aromatic N) is 4. The molecule has 0 N–H and O–H groups in total. The van der Waals surface area contributed by atoms with Gasteiger partial charge in [-0.25, -0.2) is 18.9 Å². The highest BCUT2D eigenvalue weighted by Crippen LogP contribution is 2.19. The molecular formula is C16H11FN4O2. The Hall–Kier alpha value is -3.22. The van der Waals surface area contributed by atoms with Gasteiger partial charge in [0.15, 0.2) is 5.65 Å². The third kappa shape index (κ3) is 2.42. The molecule has 0 fully saturated rings. The molecule has 114 valence electrons. The van der Waals surface area contributed by atoms with Crippen LogP contribution in [-0.2, 0) is 6.54 Å². The van der Waals surface area contributed by atoms with E-state index in [1.807, 2.05) is 6.07 Å². The zero-order chi connectivity index (χ0) is 15.8. The molecule has 0 spiro atoms. The smallest absolute Gasteiger partial charge is 0.350 e. The van der Waals surface area contributed by atoms with Crippen molar-refractivity contribution in [2.75, 3.05) is 0 Å². The molecule has 4 rings (SSSR count). The lowest BCUT2D eigenvalue weighted by molar-refractivity contribution is 0.566. The van der Waals surface area contributed by atoms with Gasteiger partial charge in [0, 0.05) is 11.8 Å². The van der Waals surface area contributed by atoms with E-state index < -0.39 is 0 Å². The summed E-state index contributed by atoms with van der Waals surface area (Å²) in [5.41, 5.74) is 1.38. The molecule has 0 atom stereocenters. The van der Waals surface area contributed by atoms with Gasteiger partial charge in [-0.3, -0.25) is 4.40 Å². The number of fused-ring (bicyclic) bond motifs is 1. The van der Waals surface area contributed by atoms with E-state index in [9.17, 15) is 9.18 Å². The van der Waals surface area contributed by atoms with E-state index in [1.165, 1.54) is 27.5 Å². The first-order valence-electron chi connectivity index (χ1n) is 6.95. The van der Waals surface area contributed by atoms with E-state index in [1.54, 1.807) is 30.5 Å². The SMILES string of the molecule is O=c1n(Cc2coc(-c3cccc(F)c3)n2)nc2ccccn12.